The largest absolute Gasteiger partial charge is 0.397 e. The van der Waals surface area contributed by atoms with Crippen molar-refractivity contribution in [3.05, 3.63) is 28.7 Å². The average molecular weight is 286 g/mol. The summed E-state index contributed by atoms with van der Waals surface area (Å²) in [4.78, 5) is 18.1. The number of nitrogens with one attached hydrogen (secondary N) is 2. The number of anilines is 2. The van der Waals surface area contributed by atoms with Gasteiger partial charge in [-0.05, 0) is 24.5 Å². The molecule has 1 aromatic carbocycles. The van der Waals surface area contributed by atoms with Crippen molar-refractivity contribution in [1.82, 2.24) is 9.97 Å². The summed E-state index contributed by atoms with van der Waals surface area (Å²) in [6.45, 7) is 0.934. The molecule has 5 nitrogen and oxygen atoms in total. The van der Waals surface area contributed by atoms with Crippen molar-refractivity contribution < 1.29 is 0 Å². The highest BCUT2D eigenvalue weighted by Crippen LogP contribution is 2.27. The van der Waals surface area contributed by atoms with E-state index in [1.807, 2.05) is 6.07 Å². The van der Waals surface area contributed by atoms with E-state index < -0.39 is 0 Å². The Bertz CT molecular complexity index is 674. The molecule has 4 N–H and O–H groups in total. The van der Waals surface area contributed by atoms with Crippen LogP contribution in [0.4, 0.5) is 11.4 Å². The highest BCUT2D eigenvalue weighted by atomic mass is 16.1. The van der Waals surface area contributed by atoms with Crippen LogP contribution in [-0.4, -0.2) is 16.5 Å². The van der Waals surface area contributed by atoms with E-state index >= 15 is 0 Å². The number of benzene rings is 1. The summed E-state index contributed by atoms with van der Waals surface area (Å²) < 4.78 is 0. The van der Waals surface area contributed by atoms with Gasteiger partial charge in [0.05, 0.1) is 28.6 Å². The second kappa shape index (κ2) is 6.16. The van der Waals surface area contributed by atoms with Crippen molar-refractivity contribution >= 4 is 22.4 Å². The zero-order valence-corrected chi connectivity index (χ0v) is 12.2. The Hall–Kier alpha value is -2.04. The first kappa shape index (κ1) is 13.9. The topological polar surface area (TPSA) is 83.8 Å². The van der Waals surface area contributed by atoms with E-state index in [1.54, 1.807) is 6.07 Å². The minimum atomic E-state index is -0.208. The fraction of sp³-hybridized carbons (Fsp3) is 0.500. The maximum atomic E-state index is 11.3. The predicted octanol–water partition coefficient (Wildman–Crippen LogP) is 2.89. The number of nitrogens with zero attached hydrogens (tertiary/aromatic N) is 1. The highest BCUT2D eigenvalue weighted by molar-refractivity contribution is 5.85. The Kier molecular flexibility index (Phi) is 4.08. The Labute approximate surface area is 124 Å². The van der Waals surface area contributed by atoms with Gasteiger partial charge in [0.1, 0.15) is 0 Å². The van der Waals surface area contributed by atoms with Gasteiger partial charge < -0.3 is 16.0 Å². The van der Waals surface area contributed by atoms with Crippen LogP contribution in [0.2, 0.25) is 0 Å². The molecule has 1 aromatic heterocycles. The van der Waals surface area contributed by atoms with Crippen molar-refractivity contribution in [1.29, 1.82) is 0 Å². The first-order valence-corrected chi connectivity index (χ1v) is 7.75. The van der Waals surface area contributed by atoms with Crippen LogP contribution in [0.25, 0.3) is 11.0 Å². The summed E-state index contributed by atoms with van der Waals surface area (Å²) in [5, 5.41) is 3.41. The van der Waals surface area contributed by atoms with Gasteiger partial charge in [0.15, 0.2) is 0 Å². The van der Waals surface area contributed by atoms with Gasteiger partial charge in [0, 0.05) is 6.54 Å². The molecule has 0 unspecified atom stereocenters. The maximum absolute atomic E-state index is 11.3. The van der Waals surface area contributed by atoms with Gasteiger partial charge in [-0.3, -0.25) is 4.79 Å². The molecule has 1 aliphatic carbocycles. The number of H-pyrrole nitrogens is 1. The summed E-state index contributed by atoms with van der Waals surface area (Å²) in [7, 11) is 0. The summed E-state index contributed by atoms with van der Waals surface area (Å²) in [6, 6.07) is 3.67. The smallest absolute Gasteiger partial charge is 0.266 e. The molecular formula is C16H22N4O. The lowest BCUT2D eigenvalue weighted by atomic mass is 9.87. The van der Waals surface area contributed by atoms with Crippen molar-refractivity contribution in [2.75, 3.05) is 17.6 Å². The Balaban J connectivity index is 1.67. The summed E-state index contributed by atoms with van der Waals surface area (Å²) >= 11 is 0. The molecule has 0 bridgehead atoms. The molecule has 3 rings (SSSR count). The lowest BCUT2D eigenvalue weighted by Crippen LogP contribution is -2.13. The molecule has 21 heavy (non-hydrogen) atoms. The van der Waals surface area contributed by atoms with Crippen LogP contribution in [0.5, 0.6) is 0 Å². The van der Waals surface area contributed by atoms with Gasteiger partial charge >= 0.3 is 0 Å². The molecule has 0 radical (unpaired) electrons. The SMILES string of the molecule is Nc1cc2[nH]c(=O)cnc2cc1NCCC1CCCCC1. The van der Waals surface area contributed by atoms with E-state index in [2.05, 4.69) is 15.3 Å². The zero-order valence-electron chi connectivity index (χ0n) is 12.2. The van der Waals surface area contributed by atoms with E-state index in [4.69, 9.17) is 5.73 Å². The van der Waals surface area contributed by atoms with Crippen LogP contribution in [0.15, 0.2) is 23.1 Å². The normalized spacial score (nSPS) is 16.2. The van der Waals surface area contributed by atoms with E-state index in [9.17, 15) is 4.79 Å². The first-order valence-electron chi connectivity index (χ1n) is 7.75. The van der Waals surface area contributed by atoms with Crippen LogP contribution in [0.1, 0.15) is 38.5 Å². The van der Waals surface area contributed by atoms with Gasteiger partial charge in [-0.25, -0.2) is 4.98 Å². The van der Waals surface area contributed by atoms with Gasteiger partial charge in [0.2, 0.25) is 0 Å². The van der Waals surface area contributed by atoms with Crippen LogP contribution in [0.3, 0.4) is 0 Å². The van der Waals surface area contributed by atoms with Crippen LogP contribution in [-0.2, 0) is 0 Å². The molecule has 112 valence electrons. The number of fused-ring (bicyclic) bond motifs is 1. The molecule has 0 saturated heterocycles. The average Bonchev–Trinajstić information content (AvgIpc) is 2.49. The monoisotopic (exact) mass is 286 g/mol. The zero-order chi connectivity index (χ0) is 14.7. The van der Waals surface area contributed by atoms with Crippen molar-refractivity contribution in [3.8, 4) is 0 Å². The van der Waals surface area contributed by atoms with E-state index in [-0.39, 0.29) is 5.56 Å². The summed E-state index contributed by atoms with van der Waals surface area (Å²) in [5.74, 6) is 0.849. The third kappa shape index (κ3) is 3.35. The fourth-order valence-corrected chi connectivity index (χ4v) is 3.14. The molecule has 1 saturated carbocycles. The third-order valence-electron chi connectivity index (χ3n) is 4.34. The van der Waals surface area contributed by atoms with Crippen molar-refractivity contribution in [3.63, 3.8) is 0 Å². The molecule has 5 heteroatoms. The molecule has 0 amide bonds. The maximum Gasteiger partial charge on any atom is 0.266 e. The van der Waals surface area contributed by atoms with Crippen molar-refractivity contribution in [2.45, 2.75) is 38.5 Å². The predicted molar refractivity (Wildman–Crippen MR) is 86.5 cm³/mol. The number of nitrogens with two attached hydrogens (primary N) is 1. The number of hydrogen-bond donors (Lipinski definition) is 3. The number of aromatic amines is 1. The number of aromatic nitrogens is 2. The second-order valence-corrected chi connectivity index (χ2v) is 5.92. The van der Waals surface area contributed by atoms with Crippen LogP contribution >= 0.6 is 0 Å². The standard InChI is InChI=1S/C16H22N4O/c17-12-8-15-14(19-10-16(21)20-15)9-13(12)18-7-6-11-4-2-1-3-5-11/h8-11,18H,1-7,17H2,(H,20,21). The lowest BCUT2D eigenvalue weighted by molar-refractivity contribution is 0.345. The highest BCUT2D eigenvalue weighted by Gasteiger charge is 2.13. The van der Waals surface area contributed by atoms with Gasteiger partial charge in [-0.1, -0.05) is 32.1 Å². The van der Waals surface area contributed by atoms with E-state index in [0.717, 1.165) is 23.7 Å². The number of rotatable bonds is 4. The number of hydrogen-bond acceptors (Lipinski definition) is 4. The fourth-order valence-electron chi connectivity index (χ4n) is 3.14. The molecule has 0 spiro atoms. The molecule has 1 aliphatic rings. The Morgan fingerprint density at radius 2 is 2.10 bits per heavy atom. The van der Waals surface area contributed by atoms with Gasteiger partial charge in [0.25, 0.3) is 5.56 Å². The lowest BCUT2D eigenvalue weighted by Gasteiger charge is -2.22. The van der Waals surface area contributed by atoms with Gasteiger partial charge in [-0.2, -0.15) is 0 Å². The van der Waals surface area contributed by atoms with Crippen LogP contribution < -0.4 is 16.6 Å². The first-order chi connectivity index (χ1) is 10.2. The molecular weight excluding hydrogens is 264 g/mol. The summed E-state index contributed by atoms with van der Waals surface area (Å²) in [5.41, 5.74) is 8.82. The van der Waals surface area contributed by atoms with Gasteiger partial charge in [-0.15, -0.1) is 0 Å². The Morgan fingerprint density at radius 1 is 1.29 bits per heavy atom. The second-order valence-electron chi connectivity index (χ2n) is 5.92. The summed E-state index contributed by atoms with van der Waals surface area (Å²) in [6.07, 6.45) is 9.35. The van der Waals surface area contributed by atoms with Crippen LogP contribution in [0, 0.1) is 5.92 Å². The Morgan fingerprint density at radius 3 is 2.90 bits per heavy atom. The molecule has 0 atom stereocenters. The number of nitrogen functional groups attached to an aromatic ring is 1. The molecule has 1 fully saturated rings. The molecule has 0 aliphatic heterocycles. The van der Waals surface area contributed by atoms with E-state index in [1.165, 1.54) is 44.7 Å². The minimum absolute atomic E-state index is 0.208. The molecule has 2 aromatic rings. The minimum Gasteiger partial charge on any atom is -0.397 e. The quantitative estimate of drug-likeness (QED) is 0.755. The molecule has 1 heterocycles. The third-order valence-corrected chi connectivity index (χ3v) is 4.34. The van der Waals surface area contributed by atoms with Crippen molar-refractivity contribution in [2.24, 2.45) is 5.92 Å². The van der Waals surface area contributed by atoms with E-state index in [0.29, 0.717) is 11.2 Å².